The molecule has 0 aromatic carbocycles. The van der Waals surface area contributed by atoms with Gasteiger partial charge in [-0.25, -0.2) is 0 Å². The van der Waals surface area contributed by atoms with Gasteiger partial charge in [-0.2, -0.15) is 24.4 Å². The molecule has 0 spiro atoms. The van der Waals surface area contributed by atoms with Crippen molar-refractivity contribution >= 4 is 24.4 Å². The van der Waals surface area contributed by atoms with Crippen LogP contribution in [0.1, 0.15) is 39.0 Å². The van der Waals surface area contributed by atoms with Crippen LogP contribution in [0, 0.1) is 17.8 Å². The van der Waals surface area contributed by atoms with Gasteiger partial charge in [-0.05, 0) is 56.1 Å². The van der Waals surface area contributed by atoms with Crippen molar-refractivity contribution in [2.75, 3.05) is 6.26 Å². The zero-order valence-corrected chi connectivity index (χ0v) is 11.0. The molecule has 14 heavy (non-hydrogen) atoms. The fourth-order valence-corrected chi connectivity index (χ4v) is 5.23. The van der Waals surface area contributed by atoms with Gasteiger partial charge in [-0.1, -0.05) is 6.92 Å². The van der Waals surface area contributed by atoms with E-state index in [2.05, 4.69) is 37.6 Å². The van der Waals surface area contributed by atoms with E-state index in [0.29, 0.717) is 5.25 Å². The molecule has 2 aliphatic rings. The first-order valence-corrected chi connectivity index (χ1v) is 7.73. The molecule has 0 heterocycles. The molecule has 0 saturated heterocycles. The minimum atomic E-state index is 0.701. The number of fused-ring (bicyclic) bond motifs is 1. The van der Waals surface area contributed by atoms with Gasteiger partial charge in [-0.3, -0.25) is 0 Å². The smallest absolute Gasteiger partial charge is 0.0101 e. The summed E-state index contributed by atoms with van der Waals surface area (Å²) in [5.41, 5.74) is 0. The summed E-state index contributed by atoms with van der Waals surface area (Å²) in [6, 6.07) is 0. The average Bonchev–Trinajstić information content (AvgIpc) is 2.18. The minimum absolute atomic E-state index is 0.701. The third-order valence-electron chi connectivity index (χ3n) is 4.26. The number of thiol groups is 1. The summed E-state index contributed by atoms with van der Waals surface area (Å²) in [7, 11) is 0. The molecule has 0 amide bonds. The van der Waals surface area contributed by atoms with Crippen LogP contribution in [0.25, 0.3) is 0 Å². The third kappa shape index (κ3) is 2.11. The fourth-order valence-electron chi connectivity index (χ4n) is 3.50. The Bertz CT molecular complexity index is 193. The summed E-state index contributed by atoms with van der Waals surface area (Å²) in [4.78, 5) is 0. The van der Waals surface area contributed by atoms with Gasteiger partial charge in [0.15, 0.2) is 0 Å². The molecule has 0 aromatic rings. The summed E-state index contributed by atoms with van der Waals surface area (Å²) in [5, 5.41) is 1.64. The number of hydrogen-bond donors (Lipinski definition) is 1. The quantitative estimate of drug-likeness (QED) is 0.667. The predicted molar refractivity (Wildman–Crippen MR) is 69.3 cm³/mol. The van der Waals surface area contributed by atoms with E-state index in [1.165, 1.54) is 32.1 Å². The molecule has 5 atom stereocenters. The Morgan fingerprint density at radius 3 is 2.64 bits per heavy atom. The molecule has 0 nitrogen and oxygen atoms in total. The van der Waals surface area contributed by atoms with E-state index in [1.807, 2.05) is 0 Å². The minimum Gasteiger partial charge on any atom is -0.176 e. The Morgan fingerprint density at radius 2 is 1.93 bits per heavy atom. The first kappa shape index (κ1) is 11.2. The van der Waals surface area contributed by atoms with Crippen LogP contribution >= 0.6 is 24.4 Å². The molecule has 2 heteroatoms. The van der Waals surface area contributed by atoms with E-state index in [1.54, 1.807) is 0 Å². The van der Waals surface area contributed by atoms with E-state index < -0.39 is 0 Å². The van der Waals surface area contributed by atoms with Gasteiger partial charge < -0.3 is 0 Å². The lowest BCUT2D eigenvalue weighted by Crippen LogP contribution is -2.39. The Morgan fingerprint density at radius 1 is 1.14 bits per heavy atom. The molecule has 0 N–H and O–H groups in total. The van der Waals surface area contributed by atoms with Crippen LogP contribution in [0.15, 0.2) is 0 Å². The Hall–Kier alpha value is 0.700. The van der Waals surface area contributed by atoms with Crippen LogP contribution in [0.2, 0.25) is 0 Å². The Balaban J connectivity index is 2.04. The van der Waals surface area contributed by atoms with Crippen molar-refractivity contribution in [3.05, 3.63) is 0 Å². The highest BCUT2D eigenvalue weighted by Crippen LogP contribution is 2.47. The summed E-state index contributed by atoms with van der Waals surface area (Å²) < 4.78 is 0. The van der Waals surface area contributed by atoms with Crippen molar-refractivity contribution < 1.29 is 0 Å². The van der Waals surface area contributed by atoms with E-state index in [-0.39, 0.29) is 0 Å². The molecule has 2 aliphatic carbocycles. The van der Waals surface area contributed by atoms with Gasteiger partial charge in [0.05, 0.1) is 0 Å². The molecule has 0 aromatic heterocycles. The van der Waals surface area contributed by atoms with Crippen LogP contribution in [0.3, 0.4) is 0 Å². The van der Waals surface area contributed by atoms with E-state index in [4.69, 9.17) is 0 Å². The summed E-state index contributed by atoms with van der Waals surface area (Å²) in [6.07, 6.45) is 9.41. The zero-order chi connectivity index (χ0) is 10.1. The Kier molecular flexibility index (Phi) is 3.75. The van der Waals surface area contributed by atoms with E-state index in [9.17, 15) is 0 Å². The first-order valence-electron chi connectivity index (χ1n) is 5.93. The van der Waals surface area contributed by atoms with Gasteiger partial charge in [-0.15, -0.1) is 0 Å². The van der Waals surface area contributed by atoms with Crippen molar-refractivity contribution in [2.24, 2.45) is 17.8 Å². The predicted octanol–water partition coefficient (Wildman–Crippen LogP) is 3.86. The molecule has 2 saturated carbocycles. The summed E-state index contributed by atoms with van der Waals surface area (Å²) >= 11 is 6.77. The number of thioether (sulfide) groups is 1. The van der Waals surface area contributed by atoms with Gasteiger partial charge in [0, 0.05) is 10.5 Å². The molecule has 2 rings (SSSR count). The highest BCUT2D eigenvalue weighted by Gasteiger charge is 2.39. The van der Waals surface area contributed by atoms with Crippen LogP contribution in [0.4, 0.5) is 0 Å². The van der Waals surface area contributed by atoms with Gasteiger partial charge in [0.2, 0.25) is 0 Å². The molecule has 82 valence electrons. The van der Waals surface area contributed by atoms with Crippen LogP contribution in [-0.4, -0.2) is 16.8 Å². The maximum Gasteiger partial charge on any atom is 0.0101 e. The molecule has 0 aliphatic heterocycles. The molecule has 2 fully saturated rings. The second kappa shape index (κ2) is 4.69. The maximum absolute atomic E-state index is 4.65. The van der Waals surface area contributed by atoms with Gasteiger partial charge in [0.25, 0.3) is 0 Å². The van der Waals surface area contributed by atoms with Crippen LogP contribution in [0.5, 0.6) is 0 Å². The van der Waals surface area contributed by atoms with Gasteiger partial charge >= 0.3 is 0 Å². The lowest BCUT2D eigenvalue weighted by atomic mass is 9.67. The average molecular weight is 230 g/mol. The topological polar surface area (TPSA) is 0 Å². The SMILES string of the molecule is CSC1C(C)CCC2CC(S)CCC21. The third-order valence-corrected chi connectivity index (χ3v) is 6.09. The number of hydrogen-bond acceptors (Lipinski definition) is 2. The zero-order valence-electron chi connectivity index (χ0n) is 9.28. The second-order valence-corrected chi connectivity index (χ2v) is 6.89. The molecular weight excluding hydrogens is 208 g/mol. The van der Waals surface area contributed by atoms with Crippen molar-refractivity contribution in [2.45, 2.75) is 49.5 Å². The lowest BCUT2D eigenvalue weighted by Gasteiger charge is -2.45. The molecule has 5 unspecified atom stereocenters. The summed E-state index contributed by atoms with van der Waals surface area (Å²) in [6.45, 7) is 2.45. The van der Waals surface area contributed by atoms with E-state index >= 15 is 0 Å². The van der Waals surface area contributed by atoms with Crippen molar-refractivity contribution in [1.29, 1.82) is 0 Å². The lowest BCUT2D eigenvalue weighted by molar-refractivity contribution is 0.149. The largest absolute Gasteiger partial charge is 0.176 e. The van der Waals surface area contributed by atoms with Crippen molar-refractivity contribution in [1.82, 2.24) is 0 Å². The van der Waals surface area contributed by atoms with Crippen LogP contribution in [-0.2, 0) is 0 Å². The van der Waals surface area contributed by atoms with Crippen LogP contribution < -0.4 is 0 Å². The molecular formula is C12H22S2. The maximum atomic E-state index is 4.65. The van der Waals surface area contributed by atoms with Crippen molar-refractivity contribution in [3.63, 3.8) is 0 Å². The first-order chi connectivity index (χ1) is 6.72. The standard InChI is InChI=1S/C12H22S2/c1-8-3-4-9-7-10(13)5-6-11(9)12(8)14-2/h8-13H,3-7H2,1-2H3. The van der Waals surface area contributed by atoms with E-state index in [0.717, 1.165) is 23.0 Å². The Labute approximate surface area is 98.0 Å². The van der Waals surface area contributed by atoms with Crippen molar-refractivity contribution in [3.8, 4) is 0 Å². The second-order valence-electron chi connectivity index (χ2n) is 5.15. The monoisotopic (exact) mass is 230 g/mol. The highest BCUT2D eigenvalue weighted by molar-refractivity contribution is 7.99. The normalized spacial score (nSPS) is 48.6. The van der Waals surface area contributed by atoms with Gasteiger partial charge in [0.1, 0.15) is 0 Å². The number of rotatable bonds is 1. The molecule has 0 bridgehead atoms. The fraction of sp³-hybridized carbons (Fsp3) is 1.00. The molecule has 0 radical (unpaired) electrons. The highest BCUT2D eigenvalue weighted by atomic mass is 32.2. The summed E-state index contributed by atoms with van der Waals surface area (Å²) in [5.74, 6) is 2.96.